The van der Waals surface area contributed by atoms with E-state index in [1.165, 1.54) is 4.90 Å². The van der Waals surface area contributed by atoms with E-state index in [1.807, 2.05) is 60.7 Å². The molecule has 3 saturated heterocycles. The summed E-state index contributed by atoms with van der Waals surface area (Å²) in [6.45, 7) is -0.102. The van der Waals surface area contributed by atoms with E-state index in [1.54, 1.807) is 31.4 Å². The van der Waals surface area contributed by atoms with Crippen LogP contribution in [0.1, 0.15) is 23.6 Å². The molecule has 3 heterocycles. The SMILES string of the molecule is COc1ccc(NC(=O)C2N([C@H](CO)c3ccccc3)C(=O)[C@@H]3[C@H](C(=O)NCc4ccccc4)[C@H]4OC23CC4Br)cc1. The maximum absolute atomic E-state index is 14.4. The summed E-state index contributed by atoms with van der Waals surface area (Å²) in [5, 5.41) is 16.5. The monoisotopic (exact) mass is 633 g/mol. The zero-order valence-electron chi connectivity index (χ0n) is 23.0. The van der Waals surface area contributed by atoms with E-state index < -0.39 is 48.1 Å². The van der Waals surface area contributed by atoms with Gasteiger partial charge in [-0.15, -0.1) is 0 Å². The van der Waals surface area contributed by atoms with Crippen LogP contribution in [0, 0.1) is 11.8 Å². The number of fused-ring (bicyclic) bond motifs is 1. The molecule has 3 fully saturated rings. The number of hydrogen-bond donors (Lipinski definition) is 3. The molecule has 3 N–H and O–H groups in total. The minimum atomic E-state index is -1.26. The van der Waals surface area contributed by atoms with E-state index >= 15 is 0 Å². The third-order valence-electron chi connectivity index (χ3n) is 8.64. The number of rotatable bonds is 9. The number of hydrogen-bond acceptors (Lipinski definition) is 6. The van der Waals surface area contributed by atoms with E-state index in [-0.39, 0.29) is 16.6 Å². The molecule has 0 radical (unpaired) electrons. The number of methoxy groups -OCH3 is 1. The summed E-state index contributed by atoms with van der Waals surface area (Å²) < 4.78 is 11.8. The number of ether oxygens (including phenoxy) is 2. The standard InChI is InChI=1S/C32H32BrN3O6/c1-41-22-14-12-21(13-15-22)35-30(39)28-32-16-23(33)27(42-32)25(29(38)34-17-19-8-4-2-5-9-19)26(32)31(40)36(28)24(18-37)20-10-6-3-7-11-20/h2-15,23-28,37H,16-18H2,1H3,(H,34,38)(H,35,39)/t23?,24-,25+,26+,27+,28?,32?/m1/s1. The summed E-state index contributed by atoms with van der Waals surface area (Å²) >= 11 is 3.70. The average Bonchev–Trinajstić information content (AvgIpc) is 3.61. The van der Waals surface area contributed by atoms with Crippen molar-refractivity contribution in [1.29, 1.82) is 0 Å². The number of aliphatic hydroxyl groups excluding tert-OH is 1. The maximum atomic E-state index is 14.4. The van der Waals surface area contributed by atoms with Crippen LogP contribution in [-0.2, 0) is 25.7 Å². The van der Waals surface area contributed by atoms with Gasteiger partial charge in [0.25, 0.3) is 0 Å². The van der Waals surface area contributed by atoms with Gasteiger partial charge >= 0.3 is 0 Å². The Hall–Kier alpha value is -3.73. The molecule has 3 aromatic rings. The second-order valence-electron chi connectivity index (χ2n) is 10.9. The number of aliphatic hydroxyl groups is 1. The Balaban J connectivity index is 1.37. The summed E-state index contributed by atoms with van der Waals surface area (Å²) in [7, 11) is 1.56. The van der Waals surface area contributed by atoms with Crippen molar-refractivity contribution in [2.75, 3.05) is 19.0 Å². The fraction of sp³-hybridized carbons (Fsp3) is 0.344. The Labute approximate surface area is 252 Å². The van der Waals surface area contributed by atoms with Crippen molar-refractivity contribution in [2.24, 2.45) is 11.8 Å². The normalized spacial score (nSPS) is 28.3. The number of likely N-dealkylation sites (tertiary alicyclic amines) is 1. The summed E-state index contributed by atoms with van der Waals surface area (Å²) in [6, 6.07) is 23.6. The van der Waals surface area contributed by atoms with Crippen molar-refractivity contribution in [3.05, 3.63) is 96.1 Å². The summed E-state index contributed by atoms with van der Waals surface area (Å²) in [5.74, 6) is -2.19. The van der Waals surface area contributed by atoms with Crippen molar-refractivity contribution in [3.8, 4) is 5.75 Å². The van der Waals surface area contributed by atoms with Crippen LogP contribution in [0.4, 0.5) is 5.69 Å². The Morgan fingerprint density at radius 3 is 2.36 bits per heavy atom. The second kappa shape index (κ2) is 11.5. The highest BCUT2D eigenvalue weighted by atomic mass is 79.9. The number of amides is 3. The van der Waals surface area contributed by atoms with Crippen molar-refractivity contribution >= 4 is 39.3 Å². The summed E-state index contributed by atoms with van der Waals surface area (Å²) in [5.41, 5.74) is 0.875. The van der Waals surface area contributed by atoms with Gasteiger partial charge in [-0.25, -0.2) is 0 Å². The lowest BCUT2D eigenvalue weighted by atomic mass is 9.70. The van der Waals surface area contributed by atoms with Gasteiger partial charge in [0, 0.05) is 17.1 Å². The molecular weight excluding hydrogens is 602 g/mol. The van der Waals surface area contributed by atoms with Crippen LogP contribution in [0.25, 0.3) is 0 Å². The lowest BCUT2D eigenvalue weighted by Crippen LogP contribution is -2.55. The van der Waals surface area contributed by atoms with Gasteiger partial charge in [0.15, 0.2) is 0 Å². The predicted octanol–water partition coefficient (Wildman–Crippen LogP) is 3.43. The first kappa shape index (κ1) is 28.4. The van der Waals surface area contributed by atoms with Gasteiger partial charge in [-0.3, -0.25) is 14.4 Å². The summed E-state index contributed by atoms with van der Waals surface area (Å²) in [4.78, 5) is 43.6. The molecule has 3 amide bonds. The Kier molecular flexibility index (Phi) is 7.78. The highest BCUT2D eigenvalue weighted by molar-refractivity contribution is 9.09. The van der Waals surface area contributed by atoms with Gasteiger partial charge in [-0.1, -0.05) is 76.6 Å². The first-order valence-corrected chi connectivity index (χ1v) is 14.9. The van der Waals surface area contributed by atoms with Crippen molar-refractivity contribution in [2.45, 2.75) is 41.6 Å². The van der Waals surface area contributed by atoms with Crippen LogP contribution >= 0.6 is 15.9 Å². The Morgan fingerprint density at radius 2 is 1.71 bits per heavy atom. The first-order chi connectivity index (χ1) is 20.4. The van der Waals surface area contributed by atoms with E-state index in [4.69, 9.17) is 9.47 Å². The van der Waals surface area contributed by atoms with Gasteiger partial charge in [0.05, 0.1) is 37.7 Å². The highest BCUT2D eigenvalue weighted by Crippen LogP contribution is 2.61. The number of carbonyl (C=O) groups is 3. The smallest absolute Gasteiger partial charge is 0.250 e. The minimum Gasteiger partial charge on any atom is -0.497 e. The Morgan fingerprint density at radius 1 is 1.05 bits per heavy atom. The van der Waals surface area contributed by atoms with Crippen molar-refractivity contribution < 1.29 is 29.0 Å². The van der Waals surface area contributed by atoms with Crippen LogP contribution in [0.2, 0.25) is 0 Å². The Bertz CT molecular complexity index is 1460. The fourth-order valence-corrected chi connectivity index (χ4v) is 7.76. The third kappa shape index (κ3) is 4.77. The largest absolute Gasteiger partial charge is 0.497 e. The van der Waals surface area contributed by atoms with E-state index in [0.717, 1.165) is 5.56 Å². The number of benzene rings is 3. The van der Waals surface area contributed by atoms with Crippen LogP contribution in [0.5, 0.6) is 5.75 Å². The molecule has 0 aliphatic carbocycles. The average molecular weight is 635 g/mol. The lowest BCUT2D eigenvalue weighted by Gasteiger charge is -2.37. The van der Waals surface area contributed by atoms with Gasteiger partial charge in [0.1, 0.15) is 17.4 Å². The molecule has 6 rings (SSSR count). The minimum absolute atomic E-state index is 0.241. The molecule has 3 aliphatic heterocycles. The number of alkyl halides is 1. The molecule has 0 aromatic heterocycles. The van der Waals surface area contributed by atoms with Gasteiger partial charge in [-0.2, -0.15) is 0 Å². The molecule has 3 aliphatic rings. The molecule has 3 aromatic carbocycles. The van der Waals surface area contributed by atoms with Crippen molar-refractivity contribution in [3.63, 3.8) is 0 Å². The number of carbonyl (C=O) groups excluding carboxylic acids is 3. The molecular formula is C32H32BrN3O6. The van der Waals surface area contributed by atoms with Crippen LogP contribution < -0.4 is 15.4 Å². The van der Waals surface area contributed by atoms with E-state index in [9.17, 15) is 19.5 Å². The first-order valence-electron chi connectivity index (χ1n) is 13.9. The molecule has 0 saturated carbocycles. The third-order valence-corrected chi connectivity index (χ3v) is 9.48. The van der Waals surface area contributed by atoms with E-state index in [2.05, 4.69) is 26.6 Å². The maximum Gasteiger partial charge on any atom is 0.250 e. The molecule has 2 bridgehead atoms. The molecule has 9 nitrogen and oxygen atoms in total. The number of anilines is 1. The highest BCUT2D eigenvalue weighted by Gasteiger charge is 2.77. The zero-order chi connectivity index (χ0) is 29.4. The second-order valence-corrected chi connectivity index (χ2v) is 12.1. The lowest BCUT2D eigenvalue weighted by molar-refractivity contribution is -0.144. The van der Waals surface area contributed by atoms with Crippen LogP contribution in [0.15, 0.2) is 84.9 Å². The molecule has 10 heteroatoms. The zero-order valence-corrected chi connectivity index (χ0v) is 24.6. The van der Waals surface area contributed by atoms with Crippen molar-refractivity contribution in [1.82, 2.24) is 10.2 Å². The number of halogens is 1. The number of nitrogens with zero attached hydrogens (tertiary/aromatic N) is 1. The molecule has 218 valence electrons. The van der Waals surface area contributed by atoms with E-state index in [0.29, 0.717) is 30.0 Å². The predicted molar refractivity (Wildman–Crippen MR) is 159 cm³/mol. The van der Waals surface area contributed by atoms with Crippen LogP contribution in [-0.4, -0.2) is 64.0 Å². The molecule has 42 heavy (non-hydrogen) atoms. The quantitative estimate of drug-likeness (QED) is 0.311. The molecule has 1 spiro atoms. The van der Waals surface area contributed by atoms with Gasteiger partial charge in [-0.05, 0) is 41.8 Å². The van der Waals surface area contributed by atoms with Gasteiger partial charge in [0.2, 0.25) is 17.7 Å². The summed E-state index contributed by atoms with van der Waals surface area (Å²) in [6.07, 6.45) is -0.224. The molecule has 7 atom stereocenters. The topological polar surface area (TPSA) is 117 Å². The van der Waals surface area contributed by atoms with Gasteiger partial charge < -0.3 is 30.1 Å². The fourth-order valence-electron chi connectivity index (χ4n) is 6.82. The number of nitrogens with one attached hydrogen (secondary N) is 2. The van der Waals surface area contributed by atoms with Crippen LogP contribution in [0.3, 0.4) is 0 Å². The molecule has 3 unspecified atom stereocenters.